The number of carbonyl (C=O) groups excluding carboxylic acids is 1. The molecule has 0 fully saturated rings. The predicted molar refractivity (Wildman–Crippen MR) is 67.0 cm³/mol. The van der Waals surface area contributed by atoms with Crippen LogP contribution < -0.4 is 5.32 Å². The zero-order chi connectivity index (χ0) is 11.3. The lowest BCUT2D eigenvalue weighted by molar-refractivity contribution is -0.117. The number of amides is 1. The maximum atomic E-state index is 11.4. The quantitative estimate of drug-likeness (QED) is 0.917. The van der Waals surface area contributed by atoms with Gasteiger partial charge in [0.1, 0.15) is 0 Å². The highest BCUT2D eigenvalue weighted by Gasteiger charge is 2.03. The minimum Gasteiger partial charge on any atom is -0.384 e. The van der Waals surface area contributed by atoms with Gasteiger partial charge in [-0.15, -0.1) is 0 Å². The Bertz CT molecular complexity index is 335. The normalized spacial score (nSPS) is 10.1. The number of hydrogen-bond acceptors (Lipinski definition) is 2. The standard InChI is InChI=1S/C10H11Br2NO2/c1-15-3-2-10(14)13-9-5-7(11)4-8(12)6-9/h4-6H,2-3H2,1H3,(H,13,14). The van der Waals surface area contributed by atoms with Crippen LogP contribution in [0.1, 0.15) is 6.42 Å². The summed E-state index contributed by atoms with van der Waals surface area (Å²) < 4.78 is 6.65. The van der Waals surface area contributed by atoms with Crippen LogP contribution in [0.2, 0.25) is 0 Å². The Morgan fingerprint density at radius 2 is 1.93 bits per heavy atom. The number of methoxy groups -OCH3 is 1. The zero-order valence-corrected chi connectivity index (χ0v) is 11.4. The molecule has 15 heavy (non-hydrogen) atoms. The first-order valence-corrected chi connectivity index (χ1v) is 5.95. The number of carbonyl (C=O) groups is 1. The van der Waals surface area contributed by atoms with E-state index in [2.05, 4.69) is 37.2 Å². The fraction of sp³-hybridized carbons (Fsp3) is 0.300. The number of anilines is 1. The molecule has 0 aliphatic heterocycles. The molecule has 1 N–H and O–H groups in total. The highest BCUT2D eigenvalue weighted by Crippen LogP contribution is 2.23. The van der Waals surface area contributed by atoms with Crippen LogP contribution in [0.15, 0.2) is 27.1 Å². The highest BCUT2D eigenvalue weighted by atomic mass is 79.9. The summed E-state index contributed by atoms with van der Waals surface area (Å²) in [6, 6.07) is 5.59. The zero-order valence-electron chi connectivity index (χ0n) is 8.22. The van der Waals surface area contributed by atoms with Crippen LogP contribution in [0.5, 0.6) is 0 Å². The fourth-order valence-corrected chi connectivity index (χ4v) is 2.34. The number of nitrogens with one attached hydrogen (secondary N) is 1. The topological polar surface area (TPSA) is 38.3 Å². The molecule has 0 aromatic heterocycles. The van der Waals surface area contributed by atoms with E-state index in [0.717, 1.165) is 14.6 Å². The first-order chi connectivity index (χ1) is 7.11. The lowest BCUT2D eigenvalue weighted by Crippen LogP contribution is -2.13. The van der Waals surface area contributed by atoms with Gasteiger partial charge in [-0.25, -0.2) is 0 Å². The van der Waals surface area contributed by atoms with Crippen molar-refractivity contribution in [2.24, 2.45) is 0 Å². The van der Waals surface area contributed by atoms with Crippen molar-refractivity contribution in [1.82, 2.24) is 0 Å². The summed E-state index contributed by atoms with van der Waals surface area (Å²) in [4.78, 5) is 11.4. The molecule has 0 unspecified atom stereocenters. The number of ether oxygens (including phenoxy) is 1. The van der Waals surface area contributed by atoms with Crippen molar-refractivity contribution in [2.75, 3.05) is 19.0 Å². The van der Waals surface area contributed by atoms with Crippen molar-refractivity contribution >= 4 is 43.5 Å². The van der Waals surface area contributed by atoms with Crippen molar-refractivity contribution in [1.29, 1.82) is 0 Å². The van der Waals surface area contributed by atoms with E-state index < -0.39 is 0 Å². The van der Waals surface area contributed by atoms with Gasteiger partial charge < -0.3 is 10.1 Å². The Morgan fingerprint density at radius 3 is 2.47 bits per heavy atom. The Morgan fingerprint density at radius 1 is 1.33 bits per heavy atom. The van der Waals surface area contributed by atoms with E-state index in [1.165, 1.54) is 0 Å². The van der Waals surface area contributed by atoms with Crippen LogP contribution in [0.3, 0.4) is 0 Å². The molecular formula is C10H11Br2NO2. The van der Waals surface area contributed by atoms with Gasteiger partial charge in [-0.05, 0) is 18.2 Å². The van der Waals surface area contributed by atoms with Gasteiger partial charge in [0.25, 0.3) is 0 Å². The summed E-state index contributed by atoms with van der Waals surface area (Å²) in [5.74, 6) is -0.0538. The molecule has 1 rings (SSSR count). The molecule has 0 radical (unpaired) electrons. The molecule has 5 heteroatoms. The number of hydrogen-bond donors (Lipinski definition) is 1. The molecule has 0 aliphatic carbocycles. The van der Waals surface area contributed by atoms with Gasteiger partial charge in [0.2, 0.25) is 5.91 Å². The van der Waals surface area contributed by atoms with Crippen molar-refractivity contribution in [3.05, 3.63) is 27.1 Å². The summed E-state index contributed by atoms with van der Waals surface area (Å²) >= 11 is 6.70. The van der Waals surface area contributed by atoms with Crippen LogP contribution in [-0.2, 0) is 9.53 Å². The molecule has 1 aromatic rings. The fourth-order valence-electron chi connectivity index (χ4n) is 1.04. The first-order valence-electron chi connectivity index (χ1n) is 4.36. The van der Waals surface area contributed by atoms with Crippen molar-refractivity contribution in [3.8, 4) is 0 Å². The van der Waals surface area contributed by atoms with E-state index in [1.807, 2.05) is 18.2 Å². The van der Waals surface area contributed by atoms with E-state index in [4.69, 9.17) is 4.74 Å². The monoisotopic (exact) mass is 335 g/mol. The summed E-state index contributed by atoms with van der Waals surface area (Å²) in [7, 11) is 1.57. The molecule has 0 saturated heterocycles. The predicted octanol–water partition coefficient (Wildman–Crippen LogP) is 3.19. The Balaban J connectivity index is 2.60. The van der Waals surface area contributed by atoms with Crippen LogP contribution in [0, 0.1) is 0 Å². The smallest absolute Gasteiger partial charge is 0.226 e. The maximum absolute atomic E-state index is 11.4. The number of halogens is 2. The third kappa shape index (κ3) is 4.77. The highest BCUT2D eigenvalue weighted by molar-refractivity contribution is 9.11. The molecular weight excluding hydrogens is 326 g/mol. The second-order valence-electron chi connectivity index (χ2n) is 2.95. The minimum atomic E-state index is -0.0538. The van der Waals surface area contributed by atoms with E-state index in [1.54, 1.807) is 7.11 Å². The molecule has 0 bridgehead atoms. The maximum Gasteiger partial charge on any atom is 0.226 e. The SMILES string of the molecule is COCCC(=O)Nc1cc(Br)cc(Br)c1. The van der Waals surface area contributed by atoms with Crippen molar-refractivity contribution in [2.45, 2.75) is 6.42 Å². The second kappa shape index (κ2) is 6.25. The summed E-state index contributed by atoms with van der Waals surface area (Å²) in [6.45, 7) is 0.432. The van der Waals surface area contributed by atoms with Gasteiger partial charge in [-0.3, -0.25) is 4.79 Å². The van der Waals surface area contributed by atoms with Crippen LogP contribution >= 0.6 is 31.9 Å². The van der Waals surface area contributed by atoms with Crippen LogP contribution in [0.25, 0.3) is 0 Å². The Hall–Kier alpha value is -0.390. The average Bonchev–Trinajstić information content (AvgIpc) is 2.13. The second-order valence-corrected chi connectivity index (χ2v) is 4.78. The Kier molecular flexibility index (Phi) is 5.28. The molecule has 3 nitrogen and oxygen atoms in total. The molecule has 0 atom stereocenters. The number of rotatable bonds is 4. The summed E-state index contributed by atoms with van der Waals surface area (Å²) in [6.07, 6.45) is 0.362. The molecule has 1 aromatic carbocycles. The van der Waals surface area contributed by atoms with Crippen LogP contribution in [0.4, 0.5) is 5.69 Å². The van der Waals surface area contributed by atoms with Crippen LogP contribution in [-0.4, -0.2) is 19.6 Å². The van der Waals surface area contributed by atoms with Gasteiger partial charge in [0.15, 0.2) is 0 Å². The summed E-state index contributed by atoms with van der Waals surface area (Å²) in [5, 5.41) is 2.78. The Labute approximate surface area is 105 Å². The lowest BCUT2D eigenvalue weighted by atomic mass is 10.3. The van der Waals surface area contributed by atoms with Crippen molar-refractivity contribution < 1.29 is 9.53 Å². The van der Waals surface area contributed by atoms with Gasteiger partial charge >= 0.3 is 0 Å². The van der Waals surface area contributed by atoms with Gasteiger partial charge in [-0.2, -0.15) is 0 Å². The third-order valence-electron chi connectivity index (χ3n) is 1.68. The summed E-state index contributed by atoms with van der Waals surface area (Å²) in [5.41, 5.74) is 0.761. The van der Waals surface area contributed by atoms with E-state index in [-0.39, 0.29) is 5.91 Å². The minimum absolute atomic E-state index is 0.0538. The van der Waals surface area contributed by atoms with Gasteiger partial charge in [0.05, 0.1) is 13.0 Å². The van der Waals surface area contributed by atoms with Gasteiger partial charge in [0, 0.05) is 21.7 Å². The number of benzene rings is 1. The first kappa shape index (κ1) is 12.7. The van der Waals surface area contributed by atoms with Crippen molar-refractivity contribution in [3.63, 3.8) is 0 Å². The molecule has 82 valence electrons. The molecule has 1 amide bonds. The van der Waals surface area contributed by atoms with E-state index in [9.17, 15) is 4.79 Å². The molecule has 0 heterocycles. The van der Waals surface area contributed by atoms with Gasteiger partial charge in [-0.1, -0.05) is 31.9 Å². The van der Waals surface area contributed by atoms with E-state index >= 15 is 0 Å². The molecule has 0 aliphatic rings. The average molecular weight is 337 g/mol. The molecule has 0 spiro atoms. The van der Waals surface area contributed by atoms with E-state index in [0.29, 0.717) is 13.0 Å². The lowest BCUT2D eigenvalue weighted by Gasteiger charge is -2.05. The third-order valence-corrected chi connectivity index (χ3v) is 2.60. The largest absolute Gasteiger partial charge is 0.384 e. The molecule has 0 saturated carbocycles.